The zero-order chi connectivity index (χ0) is 18.7. The topological polar surface area (TPSA) is 30.9 Å². The molecule has 3 N–H and O–H groups in total. The van der Waals surface area contributed by atoms with Gasteiger partial charge in [-0.3, -0.25) is 0 Å². The summed E-state index contributed by atoms with van der Waals surface area (Å²) in [4.78, 5) is 2.36. The molecule has 2 rings (SSSR count). The maximum atomic E-state index is 4.12. The highest BCUT2D eigenvalue weighted by atomic mass is 15.1. The Kier molecular flexibility index (Phi) is 9.64. The molecule has 0 amide bonds. The molecule has 0 spiro atoms. The van der Waals surface area contributed by atoms with Crippen molar-refractivity contribution < 1.29 is 5.73 Å². The van der Waals surface area contributed by atoms with Gasteiger partial charge in [-0.25, -0.2) is 0 Å². The van der Waals surface area contributed by atoms with Crippen molar-refractivity contribution in [2.75, 3.05) is 18.0 Å². The molecule has 25 heavy (non-hydrogen) atoms. The van der Waals surface area contributed by atoms with Crippen molar-refractivity contribution in [2.24, 2.45) is 0 Å². The van der Waals surface area contributed by atoms with Gasteiger partial charge in [-0.15, -0.1) is 0 Å². The maximum absolute atomic E-state index is 4.12. The van der Waals surface area contributed by atoms with E-state index in [0.717, 1.165) is 25.2 Å². The van der Waals surface area contributed by atoms with Gasteiger partial charge in [-0.05, 0) is 49.9 Å². The first kappa shape index (κ1) is 21.0. The van der Waals surface area contributed by atoms with Crippen molar-refractivity contribution in [3.63, 3.8) is 0 Å². The first-order valence-electron chi connectivity index (χ1n) is 9.58. The molecule has 2 nitrogen and oxygen atoms in total. The monoisotopic (exact) mass is 339 g/mol. The number of hydrogen-bond acceptors (Lipinski definition) is 1. The summed E-state index contributed by atoms with van der Waals surface area (Å²) in [6.45, 7) is 12.7. The van der Waals surface area contributed by atoms with Crippen LogP contribution in [0.5, 0.6) is 0 Å². The molecule has 2 aromatic rings. The van der Waals surface area contributed by atoms with Gasteiger partial charge in [-0.2, -0.15) is 0 Å². The van der Waals surface area contributed by atoms with Gasteiger partial charge in [0.15, 0.2) is 0 Å². The zero-order valence-electron chi connectivity index (χ0n) is 16.6. The van der Waals surface area contributed by atoms with Crippen LogP contribution in [0.2, 0.25) is 0 Å². The summed E-state index contributed by atoms with van der Waals surface area (Å²) in [5, 5.41) is 0. The maximum Gasteiger partial charge on any atom is 0.131 e. The fraction of sp³-hybridized carbons (Fsp3) is 0.391. The molecule has 0 heterocycles. The smallest absolute Gasteiger partial charge is 0.131 e. The van der Waals surface area contributed by atoms with Crippen LogP contribution in [0.1, 0.15) is 58.1 Å². The molecular formula is C23H35N2+. The van der Waals surface area contributed by atoms with Crippen LogP contribution in [0.25, 0.3) is 6.08 Å². The fourth-order valence-corrected chi connectivity index (χ4v) is 2.94. The fourth-order valence-electron chi connectivity index (χ4n) is 2.94. The normalized spacial score (nSPS) is 11.8. The van der Waals surface area contributed by atoms with Crippen molar-refractivity contribution in [2.45, 2.75) is 47.0 Å². The number of anilines is 1. The second kappa shape index (κ2) is 11.5. The molecule has 0 saturated heterocycles. The van der Waals surface area contributed by atoms with E-state index >= 15 is 0 Å². The molecule has 0 aliphatic heterocycles. The standard InChI is InChI=1S/C21H28N2.C2H6/c1-4-23(5-2)19-15-13-18(14-16-19)10-8-9-17(3)20-11-6-7-12-21(20)22;1-2/h6-8,10-17H,4-5,9,22H2,1-3H3;1-2H3/p+1/b10-8+;. The van der Waals surface area contributed by atoms with E-state index in [-0.39, 0.29) is 0 Å². The highest BCUT2D eigenvalue weighted by Crippen LogP contribution is 2.24. The second-order valence-corrected chi connectivity index (χ2v) is 6.00. The minimum Gasteiger partial charge on any atom is -0.372 e. The Labute approximate surface area is 154 Å². The van der Waals surface area contributed by atoms with Gasteiger partial charge in [0.25, 0.3) is 0 Å². The van der Waals surface area contributed by atoms with Crippen LogP contribution < -0.4 is 10.6 Å². The summed E-state index contributed by atoms with van der Waals surface area (Å²) in [5.74, 6) is 0.495. The molecule has 2 aromatic carbocycles. The molecule has 1 unspecified atom stereocenters. The summed E-state index contributed by atoms with van der Waals surface area (Å²) in [7, 11) is 0. The van der Waals surface area contributed by atoms with Gasteiger partial charge in [0.1, 0.15) is 5.69 Å². The Morgan fingerprint density at radius 3 is 2.12 bits per heavy atom. The molecule has 0 aliphatic rings. The first-order valence-corrected chi connectivity index (χ1v) is 9.58. The zero-order valence-corrected chi connectivity index (χ0v) is 16.6. The van der Waals surface area contributed by atoms with Crippen molar-refractivity contribution in [1.29, 1.82) is 0 Å². The number of quaternary nitrogens is 1. The summed E-state index contributed by atoms with van der Waals surface area (Å²) in [5.41, 5.74) is 9.16. The van der Waals surface area contributed by atoms with E-state index in [1.54, 1.807) is 0 Å². The SMILES string of the molecule is CC.CCN(CC)c1ccc(/C=C/CC(C)c2ccccc2[NH3+])cc1. The molecule has 0 aromatic heterocycles. The van der Waals surface area contributed by atoms with Crippen LogP contribution in [-0.4, -0.2) is 13.1 Å². The van der Waals surface area contributed by atoms with Crippen LogP contribution in [-0.2, 0) is 0 Å². The highest BCUT2D eigenvalue weighted by molar-refractivity contribution is 5.56. The summed E-state index contributed by atoms with van der Waals surface area (Å²) >= 11 is 0. The van der Waals surface area contributed by atoms with E-state index < -0.39 is 0 Å². The predicted molar refractivity (Wildman–Crippen MR) is 112 cm³/mol. The lowest BCUT2D eigenvalue weighted by Crippen LogP contribution is -2.41. The second-order valence-electron chi connectivity index (χ2n) is 6.00. The van der Waals surface area contributed by atoms with Crippen LogP contribution in [0, 0.1) is 0 Å². The lowest BCUT2D eigenvalue weighted by Gasteiger charge is -2.20. The summed E-state index contributed by atoms with van der Waals surface area (Å²) in [6.07, 6.45) is 5.52. The molecule has 1 atom stereocenters. The van der Waals surface area contributed by atoms with Crippen molar-refractivity contribution in [3.05, 3.63) is 65.7 Å². The third-order valence-corrected chi connectivity index (χ3v) is 4.41. The van der Waals surface area contributed by atoms with Gasteiger partial charge < -0.3 is 10.6 Å². The Hall–Kier alpha value is -2.06. The predicted octanol–water partition coefficient (Wildman–Crippen LogP) is 5.64. The molecule has 0 radical (unpaired) electrons. The van der Waals surface area contributed by atoms with Crippen molar-refractivity contribution in [1.82, 2.24) is 0 Å². The van der Waals surface area contributed by atoms with Gasteiger partial charge in [0, 0.05) is 24.3 Å². The molecule has 0 fully saturated rings. The lowest BCUT2D eigenvalue weighted by atomic mass is 9.96. The molecular weight excluding hydrogens is 304 g/mol. The Balaban J connectivity index is 0.00000151. The lowest BCUT2D eigenvalue weighted by molar-refractivity contribution is -0.256. The quantitative estimate of drug-likeness (QED) is 0.695. The molecule has 0 aliphatic carbocycles. The molecule has 2 heteroatoms. The van der Waals surface area contributed by atoms with Crippen LogP contribution in [0.3, 0.4) is 0 Å². The number of hydrogen-bond donors (Lipinski definition) is 1. The Morgan fingerprint density at radius 2 is 1.56 bits per heavy atom. The largest absolute Gasteiger partial charge is 0.372 e. The molecule has 0 bridgehead atoms. The number of rotatable bonds is 7. The van der Waals surface area contributed by atoms with E-state index in [1.807, 2.05) is 19.9 Å². The molecule has 0 saturated carbocycles. The first-order chi connectivity index (χ1) is 12.2. The highest BCUT2D eigenvalue weighted by Gasteiger charge is 2.08. The average Bonchev–Trinajstić information content (AvgIpc) is 2.66. The van der Waals surface area contributed by atoms with Gasteiger partial charge in [0.05, 0.1) is 0 Å². The van der Waals surface area contributed by atoms with Crippen molar-refractivity contribution in [3.8, 4) is 0 Å². The number of benzene rings is 2. The van der Waals surface area contributed by atoms with Gasteiger partial charge in [-0.1, -0.05) is 63.3 Å². The summed E-state index contributed by atoms with van der Waals surface area (Å²) in [6, 6.07) is 17.2. The van der Waals surface area contributed by atoms with E-state index in [9.17, 15) is 0 Å². The van der Waals surface area contributed by atoms with Crippen LogP contribution >= 0.6 is 0 Å². The van der Waals surface area contributed by atoms with Crippen LogP contribution in [0.15, 0.2) is 54.6 Å². The Bertz CT molecular complexity index is 625. The third-order valence-electron chi connectivity index (χ3n) is 4.41. The third kappa shape index (κ3) is 6.39. The Morgan fingerprint density at radius 1 is 0.960 bits per heavy atom. The average molecular weight is 340 g/mol. The van der Waals surface area contributed by atoms with E-state index in [1.165, 1.54) is 16.8 Å². The van der Waals surface area contributed by atoms with E-state index in [0.29, 0.717) is 5.92 Å². The minimum atomic E-state index is 0.495. The summed E-state index contributed by atoms with van der Waals surface area (Å²) < 4.78 is 0. The van der Waals surface area contributed by atoms with E-state index in [4.69, 9.17) is 0 Å². The minimum absolute atomic E-state index is 0.495. The van der Waals surface area contributed by atoms with Gasteiger partial charge >= 0.3 is 0 Å². The van der Waals surface area contributed by atoms with Gasteiger partial charge in [0.2, 0.25) is 0 Å². The van der Waals surface area contributed by atoms with E-state index in [2.05, 4.69) is 86.0 Å². The molecule has 136 valence electrons. The number of allylic oxidation sites excluding steroid dienone is 1. The van der Waals surface area contributed by atoms with Crippen molar-refractivity contribution >= 4 is 17.5 Å². The number of nitrogens with zero attached hydrogens (tertiary/aromatic N) is 1. The van der Waals surface area contributed by atoms with Crippen LogP contribution in [0.4, 0.5) is 11.4 Å².